The molecule has 1 aliphatic carbocycles. The van der Waals surface area contributed by atoms with Gasteiger partial charge in [0, 0.05) is 23.1 Å². The number of alkyl halides is 2. The first-order valence-corrected chi connectivity index (χ1v) is 9.30. The summed E-state index contributed by atoms with van der Waals surface area (Å²) >= 11 is 1.56. The van der Waals surface area contributed by atoms with Crippen LogP contribution in [0.1, 0.15) is 29.1 Å². The molecule has 0 bridgehead atoms. The number of hydrogen-bond donors (Lipinski definition) is 0. The molecule has 0 unspecified atom stereocenters. The fourth-order valence-corrected chi connectivity index (χ4v) is 3.18. The molecule has 0 spiro atoms. The third kappa shape index (κ3) is 5.11. The number of halogens is 2. The van der Waals surface area contributed by atoms with E-state index in [0.29, 0.717) is 12.4 Å². The minimum Gasteiger partial charge on any atom is -0.487 e. The number of carbonyl (C=O) groups excluding carboxylic acids is 1. The van der Waals surface area contributed by atoms with Crippen molar-refractivity contribution in [2.24, 2.45) is 0 Å². The first-order valence-electron chi connectivity index (χ1n) is 8.42. The van der Waals surface area contributed by atoms with Crippen LogP contribution >= 0.6 is 11.3 Å². The van der Waals surface area contributed by atoms with Crippen LogP contribution in [0.3, 0.4) is 0 Å². The Morgan fingerprint density at radius 1 is 1.42 bits per heavy atom. The maximum atomic E-state index is 12.7. The van der Waals surface area contributed by atoms with E-state index >= 15 is 0 Å². The van der Waals surface area contributed by atoms with Gasteiger partial charge in [0.15, 0.2) is 0 Å². The Balaban J connectivity index is 1.66. The molecule has 3 rings (SSSR count). The summed E-state index contributed by atoms with van der Waals surface area (Å²) in [7, 11) is 0. The average molecular weight is 378 g/mol. The molecular formula is C19H20F2N2O2S. The highest BCUT2D eigenvalue weighted by atomic mass is 32.1. The van der Waals surface area contributed by atoms with Gasteiger partial charge in [-0.05, 0) is 31.9 Å². The van der Waals surface area contributed by atoms with E-state index in [2.05, 4.69) is 4.98 Å². The van der Waals surface area contributed by atoms with Crippen LogP contribution in [0.25, 0.3) is 6.08 Å². The van der Waals surface area contributed by atoms with Crippen LogP contribution in [0.15, 0.2) is 35.7 Å². The highest BCUT2D eigenvalue weighted by Gasteiger charge is 2.33. The van der Waals surface area contributed by atoms with Crippen molar-refractivity contribution in [1.29, 1.82) is 0 Å². The maximum absolute atomic E-state index is 12.7. The third-order valence-corrected chi connectivity index (χ3v) is 4.79. The maximum Gasteiger partial charge on any atom is 0.255 e. The van der Waals surface area contributed by atoms with Crippen molar-refractivity contribution in [2.45, 2.75) is 38.8 Å². The minimum absolute atomic E-state index is 0.0550. The molecule has 0 aliphatic heterocycles. The standard InChI is InChI=1S/C19H20F2N2O2S/c1-13-22-15(12-26-13)11-25-17-5-3-2-4-14(17)6-9-19(24)23(10-18(20)21)16-7-8-16/h2-6,9,12,16,18H,7-8,10-11H2,1H3. The number of aryl methyl sites for hydroxylation is 1. The van der Waals surface area contributed by atoms with Crippen LogP contribution in [-0.4, -0.2) is 34.8 Å². The highest BCUT2D eigenvalue weighted by molar-refractivity contribution is 7.09. The fourth-order valence-electron chi connectivity index (χ4n) is 2.59. The fraction of sp³-hybridized carbons (Fsp3) is 0.368. The summed E-state index contributed by atoms with van der Waals surface area (Å²) in [4.78, 5) is 17.9. The van der Waals surface area contributed by atoms with Crippen LogP contribution < -0.4 is 4.74 Å². The smallest absolute Gasteiger partial charge is 0.255 e. The first kappa shape index (κ1) is 18.5. The van der Waals surface area contributed by atoms with Crippen LogP contribution in [0.2, 0.25) is 0 Å². The van der Waals surface area contributed by atoms with Crippen molar-refractivity contribution in [3.63, 3.8) is 0 Å². The molecule has 1 amide bonds. The number of rotatable bonds is 8. The molecule has 0 saturated heterocycles. The van der Waals surface area contributed by atoms with Gasteiger partial charge in [0.05, 0.1) is 17.2 Å². The van der Waals surface area contributed by atoms with E-state index in [1.165, 1.54) is 11.0 Å². The van der Waals surface area contributed by atoms with Gasteiger partial charge in [-0.15, -0.1) is 11.3 Å². The highest BCUT2D eigenvalue weighted by Crippen LogP contribution is 2.28. The number of benzene rings is 1. The second-order valence-corrected chi connectivity index (χ2v) is 7.19. The van der Waals surface area contributed by atoms with E-state index in [9.17, 15) is 13.6 Å². The number of ether oxygens (including phenoxy) is 1. The average Bonchev–Trinajstić information content (AvgIpc) is 3.38. The molecule has 26 heavy (non-hydrogen) atoms. The third-order valence-electron chi connectivity index (χ3n) is 3.97. The molecule has 0 N–H and O–H groups in total. The molecule has 1 fully saturated rings. The van der Waals surface area contributed by atoms with Gasteiger partial charge in [0.2, 0.25) is 5.91 Å². The molecule has 1 aromatic heterocycles. The normalized spacial score (nSPS) is 14.2. The number of hydrogen-bond acceptors (Lipinski definition) is 4. The Morgan fingerprint density at radius 2 is 2.19 bits per heavy atom. The van der Waals surface area contributed by atoms with Gasteiger partial charge in [-0.2, -0.15) is 0 Å². The minimum atomic E-state index is -2.52. The Hall–Kier alpha value is -2.28. The number of thiazole rings is 1. The van der Waals surface area contributed by atoms with Gasteiger partial charge in [0.1, 0.15) is 12.4 Å². The van der Waals surface area contributed by atoms with Crippen molar-refractivity contribution >= 4 is 23.3 Å². The Labute approximate surface area is 155 Å². The topological polar surface area (TPSA) is 42.4 Å². The van der Waals surface area contributed by atoms with Crippen LogP contribution in [0, 0.1) is 6.92 Å². The molecule has 1 aliphatic rings. The zero-order valence-corrected chi connectivity index (χ0v) is 15.2. The quantitative estimate of drug-likeness (QED) is 0.643. The summed E-state index contributed by atoms with van der Waals surface area (Å²) in [6.45, 7) is 1.75. The monoisotopic (exact) mass is 378 g/mol. The number of nitrogens with zero attached hydrogens (tertiary/aromatic N) is 2. The molecule has 1 aromatic carbocycles. The molecule has 138 valence electrons. The molecule has 1 heterocycles. The van der Waals surface area contributed by atoms with Crippen LogP contribution in [-0.2, 0) is 11.4 Å². The lowest BCUT2D eigenvalue weighted by atomic mass is 10.2. The van der Waals surface area contributed by atoms with Gasteiger partial charge < -0.3 is 9.64 Å². The zero-order valence-electron chi connectivity index (χ0n) is 14.4. The summed E-state index contributed by atoms with van der Waals surface area (Å²) < 4.78 is 31.2. The largest absolute Gasteiger partial charge is 0.487 e. The van der Waals surface area contributed by atoms with E-state index in [0.717, 1.165) is 29.1 Å². The molecule has 7 heteroatoms. The molecular weight excluding hydrogens is 358 g/mol. The Morgan fingerprint density at radius 3 is 2.85 bits per heavy atom. The van der Waals surface area contributed by atoms with Gasteiger partial charge in [-0.25, -0.2) is 13.8 Å². The zero-order chi connectivity index (χ0) is 18.5. The van der Waals surface area contributed by atoms with Crippen LogP contribution in [0.4, 0.5) is 8.78 Å². The molecule has 4 nitrogen and oxygen atoms in total. The molecule has 0 atom stereocenters. The van der Waals surface area contributed by atoms with Gasteiger partial charge in [-0.3, -0.25) is 4.79 Å². The second kappa shape index (κ2) is 8.40. The molecule has 1 saturated carbocycles. The van der Waals surface area contributed by atoms with Crippen molar-refractivity contribution in [3.05, 3.63) is 52.0 Å². The summed E-state index contributed by atoms with van der Waals surface area (Å²) in [5.74, 6) is 0.228. The second-order valence-electron chi connectivity index (χ2n) is 6.13. The number of carbonyl (C=O) groups is 1. The summed E-state index contributed by atoms with van der Waals surface area (Å²) in [6.07, 6.45) is 2.02. The lowest BCUT2D eigenvalue weighted by molar-refractivity contribution is -0.128. The van der Waals surface area contributed by atoms with Gasteiger partial charge >= 0.3 is 0 Å². The predicted octanol–water partition coefficient (Wildman–Crippen LogP) is 4.30. The summed E-state index contributed by atoms with van der Waals surface area (Å²) in [5.41, 5.74) is 1.57. The van der Waals surface area contributed by atoms with Crippen molar-refractivity contribution in [1.82, 2.24) is 9.88 Å². The number of aromatic nitrogens is 1. The first-order chi connectivity index (χ1) is 12.5. The summed E-state index contributed by atoms with van der Waals surface area (Å²) in [5, 5.41) is 2.91. The van der Waals surface area contributed by atoms with E-state index in [4.69, 9.17) is 4.74 Å². The van der Waals surface area contributed by atoms with E-state index in [-0.39, 0.29) is 6.04 Å². The van der Waals surface area contributed by atoms with Crippen molar-refractivity contribution < 1.29 is 18.3 Å². The Kier molecular flexibility index (Phi) is 5.98. The van der Waals surface area contributed by atoms with E-state index in [1.807, 2.05) is 30.5 Å². The lowest BCUT2D eigenvalue weighted by Crippen LogP contribution is -2.35. The van der Waals surface area contributed by atoms with Crippen molar-refractivity contribution in [3.8, 4) is 5.75 Å². The van der Waals surface area contributed by atoms with E-state index < -0.39 is 18.9 Å². The SMILES string of the molecule is Cc1nc(COc2ccccc2C=CC(=O)N(CC(F)F)C2CC2)cs1. The van der Waals surface area contributed by atoms with E-state index in [1.54, 1.807) is 23.5 Å². The van der Waals surface area contributed by atoms with Gasteiger partial charge in [-0.1, -0.05) is 18.2 Å². The Bertz CT molecular complexity index is 787. The summed E-state index contributed by atoms with van der Waals surface area (Å²) in [6, 6.07) is 7.25. The molecule has 0 radical (unpaired) electrons. The number of amides is 1. The predicted molar refractivity (Wildman–Crippen MR) is 97.4 cm³/mol. The lowest BCUT2D eigenvalue weighted by Gasteiger charge is -2.20. The molecule has 2 aromatic rings. The van der Waals surface area contributed by atoms with Crippen LogP contribution in [0.5, 0.6) is 5.75 Å². The number of para-hydroxylation sites is 1. The van der Waals surface area contributed by atoms with Gasteiger partial charge in [0.25, 0.3) is 6.43 Å². The van der Waals surface area contributed by atoms with Crippen molar-refractivity contribution in [2.75, 3.05) is 6.54 Å².